The Labute approximate surface area is 316 Å². The van der Waals surface area contributed by atoms with Crippen LogP contribution in [-0.2, 0) is 9.53 Å². The highest BCUT2D eigenvalue weighted by atomic mass is 28.3. The SMILES string of the molecule is CC(C)[Si](C#Cc1c(F)ccc2cc(O)cc(-c3ncc4c(N5CC6CCC(C5)N6C(=O)OC(C)(C)C)nc(OCC=O)nc4c3F)c12)(C(C)C)C(C)C. The molecule has 13 heteroatoms. The standard InChI is InChI=1S/C41H49F2N5O5Si/c1-23(2)54(24(3)4,25(5)6)17-14-30-33(42)13-10-26-18-29(50)19-31(34(26)30)36-35(43)37-32(20-44-36)38(46-39(45-37)52-16-15-49)47-21-27-11-12-28(22-47)48(27)40(51)53-41(7,8)9/h10,13,15,18-20,23-25,27-28,50H,11-12,16,21-22H2,1-9H3. The molecule has 0 radical (unpaired) electrons. The second kappa shape index (κ2) is 14.8. The second-order valence-electron chi connectivity index (χ2n) is 16.3. The molecule has 2 atom stereocenters. The van der Waals surface area contributed by atoms with Crippen LogP contribution in [0.2, 0.25) is 16.6 Å². The lowest BCUT2D eigenvalue weighted by Crippen LogP contribution is -2.57. The topological polar surface area (TPSA) is 118 Å². The first kappa shape index (κ1) is 38.9. The minimum Gasteiger partial charge on any atom is -0.508 e. The van der Waals surface area contributed by atoms with Gasteiger partial charge in [-0.15, -0.1) is 5.54 Å². The number of phenols is 1. The first-order valence-electron chi connectivity index (χ1n) is 18.6. The van der Waals surface area contributed by atoms with Crippen molar-refractivity contribution in [2.75, 3.05) is 24.6 Å². The molecule has 2 aliphatic rings. The molecule has 2 bridgehead atoms. The molecule has 2 fully saturated rings. The van der Waals surface area contributed by atoms with E-state index in [1.807, 2.05) is 25.7 Å². The van der Waals surface area contributed by atoms with E-state index >= 15 is 8.78 Å². The van der Waals surface area contributed by atoms with Crippen LogP contribution in [0.15, 0.2) is 30.5 Å². The van der Waals surface area contributed by atoms with Gasteiger partial charge in [-0.05, 0) is 73.8 Å². The molecule has 2 aromatic carbocycles. The Morgan fingerprint density at radius 1 is 1.04 bits per heavy atom. The van der Waals surface area contributed by atoms with E-state index in [2.05, 4.69) is 68.0 Å². The quantitative estimate of drug-likeness (QED) is 0.107. The Hall–Kier alpha value is -4.83. The summed E-state index contributed by atoms with van der Waals surface area (Å²) in [5, 5.41) is 11.9. The minimum absolute atomic E-state index is 0.110. The molecule has 1 amide bonds. The van der Waals surface area contributed by atoms with Gasteiger partial charge in [0, 0.05) is 30.2 Å². The van der Waals surface area contributed by atoms with Crippen molar-refractivity contribution in [1.82, 2.24) is 19.9 Å². The molecule has 0 spiro atoms. The van der Waals surface area contributed by atoms with Gasteiger partial charge in [-0.2, -0.15) is 9.97 Å². The number of aldehydes is 1. The summed E-state index contributed by atoms with van der Waals surface area (Å²) >= 11 is 0. The third kappa shape index (κ3) is 7.08. The van der Waals surface area contributed by atoms with Crippen molar-refractivity contribution in [2.45, 2.75) is 109 Å². The van der Waals surface area contributed by atoms with Crippen LogP contribution in [-0.4, -0.2) is 82.8 Å². The van der Waals surface area contributed by atoms with Crippen LogP contribution < -0.4 is 9.64 Å². The fraction of sp³-hybridized carbons (Fsp3) is 0.488. The number of aromatic hydroxyl groups is 1. The van der Waals surface area contributed by atoms with Gasteiger partial charge in [0.2, 0.25) is 0 Å². The van der Waals surface area contributed by atoms with Gasteiger partial charge in [0.25, 0.3) is 0 Å². The van der Waals surface area contributed by atoms with E-state index < -0.39 is 25.3 Å². The lowest BCUT2D eigenvalue weighted by molar-refractivity contribution is -0.109. The van der Waals surface area contributed by atoms with Gasteiger partial charge >= 0.3 is 12.1 Å². The highest BCUT2D eigenvalue weighted by Gasteiger charge is 2.45. The molecule has 2 unspecified atom stereocenters. The van der Waals surface area contributed by atoms with Crippen molar-refractivity contribution < 1.29 is 33.0 Å². The number of pyridine rings is 1. The van der Waals surface area contributed by atoms with Crippen molar-refractivity contribution in [1.29, 1.82) is 0 Å². The Morgan fingerprint density at radius 2 is 1.69 bits per heavy atom. The number of aromatic nitrogens is 3. The minimum atomic E-state index is -2.30. The molecule has 2 aliphatic heterocycles. The van der Waals surface area contributed by atoms with Gasteiger partial charge in [0.05, 0.1) is 23.0 Å². The molecule has 2 saturated heterocycles. The monoisotopic (exact) mass is 757 g/mol. The summed E-state index contributed by atoms with van der Waals surface area (Å²) in [5.41, 5.74) is 3.80. The molecule has 6 rings (SSSR count). The van der Waals surface area contributed by atoms with E-state index in [-0.39, 0.29) is 64.3 Å². The highest BCUT2D eigenvalue weighted by Crippen LogP contribution is 2.43. The number of anilines is 1. The normalized spacial score (nSPS) is 17.4. The molecular weight excluding hydrogens is 709 g/mol. The van der Waals surface area contributed by atoms with Crippen molar-refractivity contribution in [3.8, 4) is 34.5 Å². The molecule has 10 nitrogen and oxygen atoms in total. The van der Waals surface area contributed by atoms with E-state index in [4.69, 9.17) is 9.47 Å². The van der Waals surface area contributed by atoms with Crippen molar-refractivity contribution >= 4 is 47.9 Å². The third-order valence-electron chi connectivity index (χ3n) is 10.9. The lowest BCUT2D eigenvalue weighted by Gasteiger charge is -2.42. The molecule has 0 aliphatic carbocycles. The van der Waals surface area contributed by atoms with Crippen molar-refractivity contribution in [3.05, 3.63) is 47.7 Å². The average Bonchev–Trinajstić information content (AvgIpc) is 3.36. The van der Waals surface area contributed by atoms with Gasteiger partial charge in [-0.3, -0.25) is 14.7 Å². The number of carbonyl (C=O) groups is 2. The molecule has 286 valence electrons. The average molecular weight is 758 g/mol. The zero-order chi connectivity index (χ0) is 39.3. The van der Waals surface area contributed by atoms with Crippen molar-refractivity contribution in [3.63, 3.8) is 0 Å². The molecule has 4 heterocycles. The van der Waals surface area contributed by atoms with Crippen LogP contribution in [0.5, 0.6) is 11.8 Å². The van der Waals surface area contributed by atoms with Gasteiger partial charge in [-0.25, -0.2) is 13.6 Å². The zero-order valence-electron chi connectivity index (χ0n) is 32.5. The Bertz CT molecular complexity index is 2140. The summed E-state index contributed by atoms with van der Waals surface area (Å²) < 4.78 is 44.3. The number of rotatable bonds is 8. The van der Waals surface area contributed by atoms with Gasteiger partial charge in [-0.1, -0.05) is 53.5 Å². The van der Waals surface area contributed by atoms with Crippen molar-refractivity contribution in [2.24, 2.45) is 0 Å². The largest absolute Gasteiger partial charge is 0.508 e. The predicted octanol–water partition coefficient (Wildman–Crippen LogP) is 8.56. The zero-order valence-corrected chi connectivity index (χ0v) is 33.5. The van der Waals surface area contributed by atoms with Crippen LogP contribution in [0.25, 0.3) is 32.9 Å². The number of hydrogen-bond acceptors (Lipinski definition) is 9. The first-order valence-corrected chi connectivity index (χ1v) is 20.9. The summed E-state index contributed by atoms with van der Waals surface area (Å²) in [4.78, 5) is 41.8. The number of benzene rings is 2. The van der Waals surface area contributed by atoms with Crippen LogP contribution in [0.3, 0.4) is 0 Å². The van der Waals surface area contributed by atoms with Gasteiger partial charge < -0.3 is 19.5 Å². The van der Waals surface area contributed by atoms with E-state index in [1.165, 1.54) is 30.5 Å². The highest BCUT2D eigenvalue weighted by molar-refractivity contribution is 6.90. The number of carbonyl (C=O) groups excluding carboxylic acids is 2. The first-order chi connectivity index (χ1) is 25.5. The van der Waals surface area contributed by atoms with Gasteiger partial charge in [0.1, 0.15) is 48.9 Å². The number of halogens is 2. The Kier molecular flexibility index (Phi) is 10.6. The maximum Gasteiger partial charge on any atom is 0.410 e. The summed E-state index contributed by atoms with van der Waals surface area (Å²) in [6.07, 6.45) is 3.15. The van der Waals surface area contributed by atoms with E-state index in [9.17, 15) is 14.7 Å². The summed E-state index contributed by atoms with van der Waals surface area (Å²) in [6, 6.07) is 5.16. The number of fused-ring (bicyclic) bond motifs is 4. The Balaban J connectivity index is 1.51. The molecule has 4 aromatic rings. The summed E-state index contributed by atoms with van der Waals surface area (Å²) in [6.45, 7) is 19.0. The number of nitrogens with zero attached hydrogens (tertiary/aromatic N) is 5. The number of piperazine rings is 1. The van der Waals surface area contributed by atoms with E-state index in [1.54, 1.807) is 4.90 Å². The summed E-state index contributed by atoms with van der Waals surface area (Å²) in [5.74, 6) is 2.02. The van der Waals surface area contributed by atoms with Crippen LogP contribution in [0.4, 0.5) is 19.4 Å². The predicted molar refractivity (Wildman–Crippen MR) is 208 cm³/mol. The smallest absolute Gasteiger partial charge is 0.410 e. The van der Waals surface area contributed by atoms with E-state index in [0.717, 1.165) is 12.8 Å². The Morgan fingerprint density at radius 3 is 2.28 bits per heavy atom. The summed E-state index contributed by atoms with van der Waals surface area (Å²) in [7, 11) is -2.30. The second-order valence-corrected chi connectivity index (χ2v) is 21.9. The molecule has 1 N–H and O–H groups in total. The number of phenolic OH excluding ortho intramolecular Hbond substituents is 1. The number of hydrogen-bond donors (Lipinski definition) is 1. The van der Waals surface area contributed by atoms with Crippen LogP contribution in [0, 0.1) is 23.1 Å². The molecule has 0 saturated carbocycles. The number of amides is 1. The molecular formula is C41H49F2N5O5Si. The fourth-order valence-electron chi connectivity index (χ4n) is 8.65. The maximum absolute atomic E-state index is 17.1. The van der Waals surface area contributed by atoms with Crippen LogP contribution in [0.1, 0.15) is 80.7 Å². The maximum atomic E-state index is 17.1. The van der Waals surface area contributed by atoms with E-state index in [0.29, 0.717) is 52.6 Å². The third-order valence-corrected chi connectivity index (χ3v) is 17.2. The van der Waals surface area contributed by atoms with Crippen LogP contribution >= 0.6 is 0 Å². The molecule has 2 aromatic heterocycles. The van der Waals surface area contributed by atoms with Gasteiger partial charge in [0.15, 0.2) is 12.1 Å². The molecule has 54 heavy (non-hydrogen) atoms. The fourth-order valence-corrected chi connectivity index (χ4v) is 13.9. The number of ether oxygens (including phenoxy) is 2. The lowest BCUT2D eigenvalue weighted by atomic mass is 9.96.